The van der Waals surface area contributed by atoms with Crippen molar-refractivity contribution < 1.29 is 24.4 Å². The molecule has 6 rings (SSSR count). The van der Waals surface area contributed by atoms with Gasteiger partial charge in [0.05, 0.1) is 25.4 Å². The fourth-order valence-corrected chi connectivity index (χ4v) is 9.74. The molecule has 4 atom stereocenters. The van der Waals surface area contributed by atoms with E-state index in [1.54, 1.807) is 0 Å². The number of hydrogen-bond donors (Lipinski definition) is 3. The monoisotopic (exact) mass is 651 g/mol. The summed E-state index contributed by atoms with van der Waals surface area (Å²) in [5.41, 5.74) is -2.72. The Bertz CT molecular complexity index is 1900. The predicted molar refractivity (Wildman–Crippen MR) is 182 cm³/mol. The summed E-state index contributed by atoms with van der Waals surface area (Å²) in [7, 11) is -2.33. The smallest absolute Gasteiger partial charge is 0.330 e. The summed E-state index contributed by atoms with van der Waals surface area (Å²) in [4.78, 5) is 28.5. The van der Waals surface area contributed by atoms with Crippen LogP contribution in [-0.2, 0) is 26.2 Å². The molecular weight excluding hydrogens is 613 g/mol. The van der Waals surface area contributed by atoms with Crippen molar-refractivity contribution in [3.05, 3.63) is 142 Å². The average Bonchev–Trinajstić information content (AvgIpc) is 3.31. The maximum Gasteiger partial charge on any atom is 0.330 e. The minimum atomic E-state index is -2.33. The predicted octanol–water partition coefficient (Wildman–Crippen LogP) is 2.71. The third-order valence-electron chi connectivity index (χ3n) is 8.55. The van der Waals surface area contributed by atoms with Gasteiger partial charge in [0.2, 0.25) is 0 Å². The SMILES string of the molecule is CC(C)(C)OC[C@@]1(CO)O[C@](n2ccc(=O)[nH]c2=O)([Si](c2ccccc2)c2ccccc2)[C@H](O)[C@@H]1OCc1cccc2ccccc12. The van der Waals surface area contributed by atoms with E-state index >= 15 is 0 Å². The first kappa shape index (κ1) is 32.8. The molecule has 1 radical (unpaired) electrons. The van der Waals surface area contributed by atoms with E-state index in [4.69, 9.17) is 14.2 Å². The number of aliphatic hydroxyl groups excluding tert-OH is 2. The van der Waals surface area contributed by atoms with Crippen LogP contribution in [0.15, 0.2) is 125 Å². The second kappa shape index (κ2) is 13.2. The average molecular weight is 652 g/mol. The molecule has 1 aromatic heterocycles. The lowest BCUT2D eigenvalue weighted by atomic mass is 9.95. The maximum absolute atomic E-state index is 13.8. The zero-order chi connectivity index (χ0) is 33.2. The van der Waals surface area contributed by atoms with E-state index in [-0.39, 0.29) is 13.2 Å². The number of aliphatic hydroxyl groups is 2. The Morgan fingerprint density at radius 3 is 2.11 bits per heavy atom. The van der Waals surface area contributed by atoms with Gasteiger partial charge in [-0.15, -0.1) is 0 Å². The van der Waals surface area contributed by atoms with Crippen LogP contribution < -0.4 is 21.6 Å². The van der Waals surface area contributed by atoms with Gasteiger partial charge in [0, 0.05) is 12.3 Å². The number of ether oxygens (including phenoxy) is 3. The number of hydrogen-bond acceptors (Lipinski definition) is 7. The van der Waals surface area contributed by atoms with Crippen molar-refractivity contribution in [1.82, 2.24) is 9.55 Å². The maximum atomic E-state index is 13.8. The normalized spacial score (nSPS) is 23.0. The van der Waals surface area contributed by atoms with Crippen LogP contribution in [0.2, 0.25) is 0 Å². The molecule has 9 nitrogen and oxygen atoms in total. The van der Waals surface area contributed by atoms with E-state index in [9.17, 15) is 19.8 Å². The number of benzene rings is 4. The topological polar surface area (TPSA) is 123 Å². The lowest BCUT2D eigenvalue weighted by Gasteiger charge is -2.41. The van der Waals surface area contributed by atoms with Crippen LogP contribution in [0, 0.1) is 0 Å². The second-order valence-corrected chi connectivity index (χ2v) is 15.4. The van der Waals surface area contributed by atoms with Crippen LogP contribution in [0.5, 0.6) is 0 Å². The first-order valence-corrected chi connectivity index (χ1v) is 17.1. The third kappa shape index (κ3) is 6.28. The van der Waals surface area contributed by atoms with Gasteiger partial charge in [0.25, 0.3) is 5.56 Å². The molecule has 3 N–H and O–H groups in total. The fourth-order valence-electron chi connectivity index (χ4n) is 6.36. The van der Waals surface area contributed by atoms with Gasteiger partial charge in [-0.25, -0.2) is 4.79 Å². The summed E-state index contributed by atoms with van der Waals surface area (Å²) >= 11 is 0. The summed E-state index contributed by atoms with van der Waals surface area (Å²) in [5.74, 6) is 0. The highest BCUT2D eigenvalue weighted by Gasteiger charge is 2.68. The van der Waals surface area contributed by atoms with Crippen molar-refractivity contribution >= 4 is 29.9 Å². The number of aromatic amines is 1. The summed E-state index contributed by atoms with van der Waals surface area (Å²) in [6.45, 7) is 5.01. The Balaban J connectivity index is 1.58. The highest BCUT2D eigenvalue weighted by Crippen LogP contribution is 2.45. The molecule has 1 aliphatic heterocycles. The molecule has 0 saturated carbocycles. The minimum absolute atomic E-state index is 0.0824. The lowest BCUT2D eigenvalue weighted by Crippen LogP contribution is -2.69. The van der Waals surface area contributed by atoms with Gasteiger partial charge < -0.3 is 24.4 Å². The zero-order valence-corrected chi connectivity index (χ0v) is 27.6. The van der Waals surface area contributed by atoms with Crippen LogP contribution in [0.3, 0.4) is 0 Å². The molecule has 0 bridgehead atoms. The number of rotatable bonds is 10. The molecule has 1 saturated heterocycles. The minimum Gasteiger partial charge on any atom is -0.393 e. The number of H-pyrrole nitrogens is 1. The number of nitrogens with zero attached hydrogens (tertiary/aromatic N) is 1. The molecule has 1 fully saturated rings. The van der Waals surface area contributed by atoms with Gasteiger partial charge in [-0.1, -0.05) is 114 Å². The molecule has 10 heteroatoms. The van der Waals surface area contributed by atoms with Crippen molar-refractivity contribution in [1.29, 1.82) is 0 Å². The quantitative estimate of drug-likeness (QED) is 0.199. The standard InChI is InChI=1S/C37H39N2O7Si/c1-35(2,3)45-25-36(24-40)33(44-23-27-15-12-14-26-13-10-11-20-30(26)27)32(42)37(46-36,39-22-21-31(41)38-34(39)43)47(28-16-6-4-7-17-28)29-18-8-5-9-19-29/h4-22,32-33,40,42H,23-25H2,1-3H3,(H,38,41,43)/t32-,33+,36-,37+/m1/s1. The number of aromatic nitrogens is 2. The van der Waals surface area contributed by atoms with E-state index < -0.39 is 55.4 Å². The van der Waals surface area contributed by atoms with Crippen molar-refractivity contribution in [2.24, 2.45) is 0 Å². The summed E-state index contributed by atoms with van der Waals surface area (Å²) < 4.78 is 21.3. The highest BCUT2D eigenvalue weighted by atomic mass is 28.3. The van der Waals surface area contributed by atoms with Crippen LogP contribution in [0.1, 0.15) is 26.3 Å². The van der Waals surface area contributed by atoms with E-state index in [0.717, 1.165) is 26.7 Å². The molecule has 0 unspecified atom stereocenters. The first-order valence-electron chi connectivity index (χ1n) is 15.6. The van der Waals surface area contributed by atoms with Crippen molar-refractivity contribution in [2.45, 2.75) is 56.1 Å². The van der Waals surface area contributed by atoms with Crippen LogP contribution in [0.4, 0.5) is 0 Å². The number of nitrogens with one attached hydrogen (secondary N) is 1. The second-order valence-electron chi connectivity index (χ2n) is 12.8. The van der Waals surface area contributed by atoms with Crippen molar-refractivity contribution in [2.75, 3.05) is 13.2 Å². The summed E-state index contributed by atoms with van der Waals surface area (Å²) in [5, 5.41) is 25.9. The van der Waals surface area contributed by atoms with E-state index in [1.165, 1.54) is 16.8 Å². The zero-order valence-electron chi connectivity index (χ0n) is 26.6. The Kier molecular flexibility index (Phi) is 9.17. The molecule has 47 heavy (non-hydrogen) atoms. The molecule has 0 aliphatic carbocycles. The molecule has 0 amide bonds. The van der Waals surface area contributed by atoms with Crippen LogP contribution in [0.25, 0.3) is 10.8 Å². The molecule has 4 aromatic carbocycles. The Morgan fingerprint density at radius 2 is 1.49 bits per heavy atom. The molecule has 243 valence electrons. The summed E-state index contributed by atoms with van der Waals surface area (Å²) in [6.07, 6.45) is -1.33. The van der Waals surface area contributed by atoms with E-state index in [2.05, 4.69) is 4.98 Å². The largest absolute Gasteiger partial charge is 0.393 e. The van der Waals surface area contributed by atoms with Gasteiger partial charge in [-0.05, 0) is 37.1 Å². The Morgan fingerprint density at radius 1 is 0.872 bits per heavy atom. The van der Waals surface area contributed by atoms with Gasteiger partial charge in [-0.2, -0.15) is 0 Å². The highest BCUT2D eigenvalue weighted by molar-refractivity contribution is 6.86. The van der Waals surface area contributed by atoms with E-state index in [1.807, 2.05) is 124 Å². The van der Waals surface area contributed by atoms with E-state index in [0.29, 0.717) is 0 Å². The third-order valence-corrected chi connectivity index (χ3v) is 11.7. The van der Waals surface area contributed by atoms with Crippen LogP contribution >= 0.6 is 0 Å². The molecule has 0 spiro atoms. The molecule has 5 aromatic rings. The van der Waals surface area contributed by atoms with Gasteiger partial charge in [0.1, 0.15) is 17.8 Å². The number of fused-ring (bicyclic) bond motifs is 1. The van der Waals surface area contributed by atoms with Gasteiger partial charge in [0.15, 0.2) is 14.1 Å². The first-order chi connectivity index (χ1) is 22.6. The summed E-state index contributed by atoms with van der Waals surface area (Å²) in [6, 6.07) is 34.2. The Labute approximate surface area is 274 Å². The molecular formula is C37H39N2O7Si. The van der Waals surface area contributed by atoms with Crippen molar-refractivity contribution in [3.63, 3.8) is 0 Å². The van der Waals surface area contributed by atoms with Gasteiger partial charge >= 0.3 is 5.69 Å². The fraction of sp³-hybridized carbons (Fsp3) is 0.297. The lowest BCUT2D eigenvalue weighted by molar-refractivity contribution is -0.200. The van der Waals surface area contributed by atoms with Gasteiger partial charge in [-0.3, -0.25) is 14.3 Å². The molecule has 2 heterocycles. The molecule has 1 aliphatic rings. The van der Waals surface area contributed by atoms with Crippen LogP contribution in [-0.4, -0.2) is 65.2 Å². The van der Waals surface area contributed by atoms with Crippen molar-refractivity contribution in [3.8, 4) is 0 Å². The Hall–Kier alpha value is -4.16.